The van der Waals surface area contributed by atoms with Crippen molar-refractivity contribution in [2.45, 2.75) is 84.2 Å². The van der Waals surface area contributed by atoms with Gasteiger partial charge in [-0.25, -0.2) is 0 Å². The molecule has 1 saturated carbocycles. The summed E-state index contributed by atoms with van der Waals surface area (Å²) in [5, 5.41) is 10.5. The fourth-order valence-electron chi connectivity index (χ4n) is 3.21. The zero-order valence-electron chi connectivity index (χ0n) is 11.7. The summed E-state index contributed by atoms with van der Waals surface area (Å²) >= 11 is 0. The second-order valence-electron chi connectivity index (χ2n) is 5.91. The Hall–Kier alpha value is -0.370. The van der Waals surface area contributed by atoms with Crippen molar-refractivity contribution in [2.75, 3.05) is 0 Å². The Labute approximate surface area is 106 Å². The Balaban J connectivity index is 2.60. The molecule has 1 N–H and O–H groups in total. The summed E-state index contributed by atoms with van der Waals surface area (Å²) in [6.07, 6.45) is 8.58. The second kappa shape index (κ2) is 5.99. The predicted octanol–water partition coefficient (Wildman–Crippen LogP) is 3.86. The van der Waals surface area contributed by atoms with Gasteiger partial charge < -0.3 is 5.11 Å². The summed E-state index contributed by atoms with van der Waals surface area (Å²) < 4.78 is 0. The summed E-state index contributed by atoms with van der Waals surface area (Å²) in [5.74, 6) is 0.330. The minimum atomic E-state index is -0.483. The average Bonchev–Trinajstić information content (AvgIpc) is 2.30. The Kier molecular flexibility index (Phi) is 5.18. The smallest absolute Gasteiger partial charge is 0.135 e. The van der Waals surface area contributed by atoms with Gasteiger partial charge >= 0.3 is 0 Å². The molecule has 0 aromatic carbocycles. The molecule has 0 aliphatic heterocycles. The highest BCUT2D eigenvalue weighted by Crippen LogP contribution is 2.46. The van der Waals surface area contributed by atoms with Crippen LogP contribution in [0.4, 0.5) is 0 Å². The monoisotopic (exact) mass is 240 g/mol. The SMILES string of the molecule is CCCCC1(O)CCC(CCC)(C(C)=O)CC1. The number of ketones is 1. The van der Waals surface area contributed by atoms with Crippen LogP contribution in [0.15, 0.2) is 0 Å². The zero-order valence-corrected chi connectivity index (χ0v) is 11.7. The molecule has 100 valence electrons. The van der Waals surface area contributed by atoms with E-state index in [4.69, 9.17) is 0 Å². The van der Waals surface area contributed by atoms with Gasteiger partial charge in [-0.3, -0.25) is 4.79 Å². The van der Waals surface area contributed by atoms with Gasteiger partial charge in [-0.15, -0.1) is 0 Å². The highest BCUT2D eigenvalue weighted by molar-refractivity contribution is 5.82. The molecule has 1 fully saturated rings. The second-order valence-corrected chi connectivity index (χ2v) is 5.91. The highest BCUT2D eigenvalue weighted by atomic mass is 16.3. The van der Waals surface area contributed by atoms with Crippen LogP contribution in [0.5, 0.6) is 0 Å². The van der Waals surface area contributed by atoms with Crippen molar-refractivity contribution in [3.63, 3.8) is 0 Å². The maximum absolute atomic E-state index is 11.9. The third-order valence-electron chi connectivity index (χ3n) is 4.61. The average molecular weight is 240 g/mol. The van der Waals surface area contributed by atoms with Crippen molar-refractivity contribution in [3.8, 4) is 0 Å². The van der Waals surface area contributed by atoms with E-state index in [1.54, 1.807) is 6.92 Å². The van der Waals surface area contributed by atoms with Crippen LogP contribution in [0.1, 0.15) is 78.6 Å². The molecule has 0 aromatic heterocycles. The van der Waals surface area contributed by atoms with Crippen LogP contribution >= 0.6 is 0 Å². The standard InChI is InChI=1S/C15H28O2/c1-4-6-8-15(17)11-9-14(7-5-2,10-12-15)13(3)16/h17H,4-12H2,1-3H3. The number of unbranched alkanes of at least 4 members (excludes halogenated alkanes) is 1. The van der Waals surface area contributed by atoms with Gasteiger partial charge in [0.2, 0.25) is 0 Å². The first-order valence-electron chi connectivity index (χ1n) is 7.21. The lowest BCUT2D eigenvalue weighted by Crippen LogP contribution is -2.42. The molecule has 0 bridgehead atoms. The van der Waals surface area contributed by atoms with E-state index in [0.29, 0.717) is 5.78 Å². The molecule has 0 spiro atoms. The molecule has 1 aliphatic carbocycles. The van der Waals surface area contributed by atoms with Crippen molar-refractivity contribution >= 4 is 5.78 Å². The minimum absolute atomic E-state index is 0.118. The van der Waals surface area contributed by atoms with Crippen LogP contribution in [0, 0.1) is 5.41 Å². The number of carbonyl (C=O) groups excluding carboxylic acids is 1. The van der Waals surface area contributed by atoms with Crippen molar-refractivity contribution in [1.82, 2.24) is 0 Å². The van der Waals surface area contributed by atoms with Gasteiger partial charge in [0.05, 0.1) is 5.60 Å². The number of Topliss-reactive ketones (excluding diaryl/α,β-unsaturated/α-hetero) is 1. The predicted molar refractivity (Wildman–Crippen MR) is 71.0 cm³/mol. The lowest BCUT2D eigenvalue weighted by Gasteiger charge is -2.43. The Morgan fingerprint density at radius 1 is 1.06 bits per heavy atom. The number of rotatable bonds is 6. The molecule has 0 aromatic rings. The molecule has 0 radical (unpaired) electrons. The Bertz CT molecular complexity index is 250. The van der Waals surface area contributed by atoms with Gasteiger partial charge in [0.25, 0.3) is 0 Å². The van der Waals surface area contributed by atoms with Crippen molar-refractivity contribution in [2.24, 2.45) is 5.41 Å². The van der Waals surface area contributed by atoms with E-state index in [0.717, 1.165) is 57.8 Å². The van der Waals surface area contributed by atoms with Crippen LogP contribution in [0.25, 0.3) is 0 Å². The summed E-state index contributed by atoms with van der Waals surface area (Å²) in [6.45, 7) is 6.03. The van der Waals surface area contributed by atoms with Crippen LogP contribution in [0.3, 0.4) is 0 Å². The molecular weight excluding hydrogens is 212 g/mol. The van der Waals surface area contributed by atoms with Crippen molar-refractivity contribution in [3.05, 3.63) is 0 Å². The fraction of sp³-hybridized carbons (Fsp3) is 0.933. The summed E-state index contributed by atoms with van der Waals surface area (Å²) in [4.78, 5) is 11.9. The number of carbonyl (C=O) groups is 1. The Morgan fingerprint density at radius 3 is 2.06 bits per heavy atom. The minimum Gasteiger partial charge on any atom is -0.390 e. The molecule has 0 amide bonds. The van der Waals surface area contributed by atoms with Crippen LogP contribution in [-0.4, -0.2) is 16.5 Å². The van der Waals surface area contributed by atoms with Gasteiger partial charge in [0.15, 0.2) is 0 Å². The van der Waals surface area contributed by atoms with Gasteiger partial charge in [-0.2, -0.15) is 0 Å². The lowest BCUT2D eigenvalue weighted by atomic mass is 9.64. The van der Waals surface area contributed by atoms with Crippen molar-refractivity contribution in [1.29, 1.82) is 0 Å². The first-order valence-corrected chi connectivity index (χ1v) is 7.21. The fourth-order valence-corrected chi connectivity index (χ4v) is 3.21. The summed E-state index contributed by atoms with van der Waals surface area (Å²) in [5.41, 5.74) is -0.601. The van der Waals surface area contributed by atoms with Crippen LogP contribution < -0.4 is 0 Å². The number of aliphatic hydroxyl groups is 1. The van der Waals surface area contributed by atoms with E-state index in [1.165, 1.54) is 0 Å². The van der Waals surface area contributed by atoms with Crippen molar-refractivity contribution < 1.29 is 9.90 Å². The van der Waals surface area contributed by atoms with E-state index in [-0.39, 0.29) is 5.41 Å². The quantitative estimate of drug-likeness (QED) is 0.765. The maximum Gasteiger partial charge on any atom is 0.135 e. The Morgan fingerprint density at radius 2 is 1.65 bits per heavy atom. The van der Waals surface area contributed by atoms with Gasteiger partial charge in [0.1, 0.15) is 5.78 Å². The third-order valence-corrected chi connectivity index (χ3v) is 4.61. The molecule has 0 atom stereocenters. The van der Waals surface area contributed by atoms with E-state index in [9.17, 15) is 9.90 Å². The topological polar surface area (TPSA) is 37.3 Å². The molecular formula is C15H28O2. The molecule has 1 rings (SSSR count). The molecule has 17 heavy (non-hydrogen) atoms. The maximum atomic E-state index is 11.9. The molecule has 1 aliphatic rings. The molecule has 0 saturated heterocycles. The summed E-state index contributed by atoms with van der Waals surface area (Å²) in [6, 6.07) is 0. The van der Waals surface area contributed by atoms with E-state index >= 15 is 0 Å². The van der Waals surface area contributed by atoms with Crippen LogP contribution in [-0.2, 0) is 4.79 Å². The third kappa shape index (κ3) is 3.54. The number of hydrogen-bond acceptors (Lipinski definition) is 2. The van der Waals surface area contributed by atoms with Gasteiger partial charge in [-0.05, 0) is 45.4 Å². The number of hydrogen-bond donors (Lipinski definition) is 1. The molecule has 2 nitrogen and oxygen atoms in total. The largest absolute Gasteiger partial charge is 0.390 e. The molecule has 2 heteroatoms. The first kappa shape index (κ1) is 14.7. The normalized spacial score (nSPS) is 33.6. The van der Waals surface area contributed by atoms with E-state index < -0.39 is 5.60 Å². The van der Waals surface area contributed by atoms with Gasteiger partial charge in [0, 0.05) is 5.41 Å². The lowest BCUT2D eigenvalue weighted by molar-refractivity contribution is -0.133. The van der Waals surface area contributed by atoms with E-state index in [2.05, 4.69) is 13.8 Å². The highest BCUT2D eigenvalue weighted by Gasteiger charge is 2.43. The first-order chi connectivity index (χ1) is 7.98. The summed E-state index contributed by atoms with van der Waals surface area (Å²) in [7, 11) is 0. The van der Waals surface area contributed by atoms with Gasteiger partial charge in [-0.1, -0.05) is 33.1 Å². The van der Waals surface area contributed by atoms with Crippen LogP contribution in [0.2, 0.25) is 0 Å². The molecule has 0 unspecified atom stereocenters. The van der Waals surface area contributed by atoms with E-state index in [1.807, 2.05) is 0 Å². The zero-order chi connectivity index (χ0) is 12.9. The molecule has 0 heterocycles.